The maximum atomic E-state index is 12.1. The average Bonchev–Trinajstić information content (AvgIpc) is 2.89. The number of aryl methyl sites for hydroxylation is 2. The number of hydrazine groups is 1. The minimum Gasteiger partial charge on any atom is -0.324 e. The molecular formula is C14H18ClN3O. The van der Waals surface area contributed by atoms with Gasteiger partial charge in [0.15, 0.2) is 0 Å². The quantitative estimate of drug-likeness (QED) is 0.858. The van der Waals surface area contributed by atoms with Gasteiger partial charge < -0.3 is 5.43 Å². The van der Waals surface area contributed by atoms with Crippen LogP contribution in [-0.2, 0) is 4.79 Å². The third-order valence-electron chi connectivity index (χ3n) is 3.14. The number of nitrogens with zero attached hydrogens (tertiary/aromatic N) is 2. The number of amides is 1. The first kappa shape index (κ1) is 13.9. The molecule has 1 amide bonds. The molecule has 0 radical (unpaired) electrons. The lowest BCUT2D eigenvalue weighted by atomic mass is 10.1. The van der Waals surface area contributed by atoms with Gasteiger partial charge in [-0.2, -0.15) is 0 Å². The number of nitrogens with one attached hydrogen (secondary N) is 1. The van der Waals surface area contributed by atoms with E-state index in [-0.39, 0.29) is 11.8 Å². The number of hydrogen-bond acceptors (Lipinski definition) is 3. The number of halogens is 1. The third kappa shape index (κ3) is 3.08. The molecule has 2 rings (SSSR count). The first-order chi connectivity index (χ1) is 9.13. The number of alkyl halides is 1. The Labute approximate surface area is 118 Å². The Morgan fingerprint density at radius 1 is 1.42 bits per heavy atom. The van der Waals surface area contributed by atoms with Crippen molar-refractivity contribution < 1.29 is 4.79 Å². The second-order valence-corrected chi connectivity index (χ2v) is 4.86. The van der Waals surface area contributed by atoms with Gasteiger partial charge in [-0.15, -0.1) is 11.6 Å². The fourth-order valence-electron chi connectivity index (χ4n) is 2.24. The van der Waals surface area contributed by atoms with Crippen LogP contribution in [0.5, 0.6) is 0 Å². The fourth-order valence-corrected chi connectivity index (χ4v) is 2.38. The number of anilines is 1. The molecule has 0 unspecified atom stereocenters. The molecule has 0 aromatic heterocycles. The van der Waals surface area contributed by atoms with Crippen molar-refractivity contribution in [3.8, 4) is 0 Å². The largest absolute Gasteiger partial charge is 0.324 e. The van der Waals surface area contributed by atoms with Crippen molar-refractivity contribution in [3.63, 3.8) is 0 Å². The minimum absolute atomic E-state index is 0.0188. The molecule has 1 aromatic rings. The highest BCUT2D eigenvalue weighted by molar-refractivity contribution is 6.29. The lowest BCUT2D eigenvalue weighted by molar-refractivity contribution is -0.116. The Morgan fingerprint density at radius 2 is 2.11 bits per heavy atom. The smallest absolute Gasteiger partial charge is 0.243 e. The van der Waals surface area contributed by atoms with E-state index in [9.17, 15) is 4.79 Å². The summed E-state index contributed by atoms with van der Waals surface area (Å²) in [7, 11) is 0. The maximum absolute atomic E-state index is 12.1. The van der Waals surface area contributed by atoms with Crippen LogP contribution in [-0.4, -0.2) is 30.0 Å². The highest BCUT2D eigenvalue weighted by atomic mass is 35.5. The fraction of sp³-hybridized carbons (Fsp3) is 0.357. The number of hydrogen-bond donors (Lipinski definition) is 1. The SMILES string of the molecule is Cc1cccc(C)c1N(CN1CC=CN1)C(=O)CCl. The van der Waals surface area contributed by atoms with Crippen LogP contribution in [0.3, 0.4) is 0 Å². The molecule has 0 saturated heterocycles. The summed E-state index contributed by atoms with van der Waals surface area (Å²) in [5.41, 5.74) is 6.19. The van der Waals surface area contributed by atoms with E-state index in [1.165, 1.54) is 0 Å². The van der Waals surface area contributed by atoms with Crippen LogP contribution >= 0.6 is 11.6 Å². The highest BCUT2D eigenvalue weighted by Gasteiger charge is 2.21. The zero-order chi connectivity index (χ0) is 13.8. The van der Waals surface area contributed by atoms with Crippen molar-refractivity contribution in [2.45, 2.75) is 13.8 Å². The minimum atomic E-state index is -0.0900. The van der Waals surface area contributed by atoms with Crippen molar-refractivity contribution >= 4 is 23.2 Å². The Hall–Kier alpha value is -1.52. The molecule has 0 spiro atoms. The predicted octanol–water partition coefficient (Wildman–Crippen LogP) is 2.17. The summed E-state index contributed by atoms with van der Waals surface area (Å²) >= 11 is 5.74. The van der Waals surface area contributed by atoms with E-state index in [1.807, 2.05) is 49.3 Å². The number of para-hydroxylation sites is 1. The monoisotopic (exact) mass is 279 g/mol. The van der Waals surface area contributed by atoms with Crippen molar-refractivity contribution in [2.75, 3.05) is 24.0 Å². The highest BCUT2D eigenvalue weighted by Crippen LogP contribution is 2.25. The number of carbonyl (C=O) groups excluding carboxylic acids is 1. The standard InChI is InChI=1S/C14H18ClN3O/c1-11-5-3-6-12(2)14(11)18(13(19)9-15)10-17-8-4-7-16-17/h3-7,16H,8-10H2,1-2H3. The van der Waals surface area contributed by atoms with Crippen molar-refractivity contribution in [1.82, 2.24) is 10.4 Å². The van der Waals surface area contributed by atoms with E-state index in [2.05, 4.69) is 5.43 Å². The van der Waals surface area contributed by atoms with Crippen LogP contribution in [0.2, 0.25) is 0 Å². The predicted molar refractivity (Wildman–Crippen MR) is 78.0 cm³/mol. The summed E-state index contributed by atoms with van der Waals surface area (Å²) in [5, 5.41) is 1.95. The molecule has 0 atom stereocenters. The number of benzene rings is 1. The van der Waals surface area contributed by atoms with E-state index >= 15 is 0 Å². The summed E-state index contributed by atoms with van der Waals surface area (Å²) in [6.45, 7) is 5.26. The van der Waals surface area contributed by atoms with E-state index in [4.69, 9.17) is 11.6 Å². The Balaban J connectivity index is 2.28. The summed E-state index contributed by atoms with van der Waals surface area (Å²) in [6, 6.07) is 6.01. The van der Waals surface area contributed by atoms with E-state index < -0.39 is 0 Å². The lowest BCUT2D eigenvalue weighted by Gasteiger charge is -2.29. The molecule has 1 aromatic carbocycles. The van der Waals surface area contributed by atoms with Gasteiger partial charge in [-0.25, -0.2) is 5.01 Å². The summed E-state index contributed by atoms with van der Waals surface area (Å²) < 4.78 is 0. The third-order valence-corrected chi connectivity index (χ3v) is 3.37. The van der Waals surface area contributed by atoms with E-state index in [0.717, 1.165) is 23.4 Å². The number of rotatable bonds is 4. The Morgan fingerprint density at radius 3 is 2.63 bits per heavy atom. The number of carbonyl (C=O) groups is 1. The average molecular weight is 280 g/mol. The molecule has 0 saturated carbocycles. The van der Waals surface area contributed by atoms with E-state index in [1.54, 1.807) is 4.90 Å². The molecule has 1 aliphatic heterocycles. The Kier molecular flexibility index (Phi) is 4.45. The molecule has 0 bridgehead atoms. The molecule has 4 nitrogen and oxygen atoms in total. The van der Waals surface area contributed by atoms with Crippen LogP contribution in [0.1, 0.15) is 11.1 Å². The van der Waals surface area contributed by atoms with E-state index in [0.29, 0.717) is 6.67 Å². The Bertz CT molecular complexity index is 473. The zero-order valence-corrected chi connectivity index (χ0v) is 11.9. The lowest BCUT2D eigenvalue weighted by Crippen LogP contribution is -2.45. The molecular weight excluding hydrogens is 262 g/mol. The van der Waals surface area contributed by atoms with Gasteiger partial charge in [-0.1, -0.05) is 24.3 Å². The van der Waals surface area contributed by atoms with Crippen LogP contribution in [0.25, 0.3) is 0 Å². The van der Waals surface area contributed by atoms with Gasteiger partial charge in [0.25, 0.3) is 0 Å². The molecule has 5 heteroatoms. The van der Waals surface area contributed by atoms with Gasteiger partial charge in [0.05, 0.1) is 12.4 Å². The molecule has 1 heterocycles. The van der Waals surface area contributed by atoms with Crippen molar-refractivity contribution in [2.24, 2.45) is 0 Å². The van der Waals surface area contributed by atoms with Gasteiger partial charge in [-0.3, -0.25) is 9.69 Å². The normalized spacial score (nSPS) is 14.5. The van der Waals surface area contributed by atoms with Gasteiger partial charge in [0, 0.05) is 12.7 Å². The first-order valence-corrected chi connectivity index (χ1v) is 6.75. The molecule has 0 fully saturated rings. The van der Waals surface area contributed by atoms with Gasteiger partial charge in [0.1, 0.15) is 5.88 Å². The summed E-state index contributed by atoms with van der Waals surface area (Å²) in [5.74, 6) is -0.109. The summed E-state index contributed by atoms with van der Waals surface area (Å²) in [4.78, 5) is 13.9. The van der Waals surface area contributed by atoms with Gasteiger partial charge >= 0.3 is 0 Å². The van der Waals surface area contributed by atoms with Crippen LogP contribution in [0.4, 0.5) is 5.69 Å². The van der Waals surface area contributed by atoms with Crippen LogP contribution in [0, 0.1) is 13.8 Å². The molecule has 1 N–H and O–H groups in total. The summed E-state index contributed by atoms with van der Waals surface area (Å²) in [6.07, 6.45) is 3.88. The van der Waals surface area contributed by atoms with Crippen LogP contribution in [0.15, 0.2) is 30.5 Å². The molecule has 1 aliphatic rings. The molecule has 0 aliphatic carbocycles. The first-order valence-electron chi connectivity index (χ1n) is 6.22. The zero-order valence-electron chi connectivity index (χ0n) is 11.2. The second kappa shape index (κ2) is 6.08. The van der Waals surface area contributed by atoms with Crippen molar-refractivity contribution in [1.29, 1.82) is 0 Å². The van der Waals surface area contributed by atoms with Gasteiger partial charge in [0.2, 0.25) is 5.91 Å². The van der Waals surface area contributed by atoms with Crippen molar-refractivity contribution in [3.05, 3.63) is 41.6 Å². The van der Waals surface area contributed by atoms with Gasteiger partial charge in [-0.05, 0) is 25.0 Å². The second-order valence-electron chi connectivity index (χ2n) is 4.59. The maximum Gasteiger partial charge on any atom is 0.243 e. The molecule has 19 heavy (non-hydrogen) atoms. The topological polar surface area (TPSA) is 35.6 Å². The van der Waals surface area contributed by atoms with Crippen LogP contribution < -0.4 is 10.3 Å². The molecule has 102 valence electrons.